The van der Waals surface area contributed by atoms with Crippen LogP contribution in [0.15, 0.2) is 65.1 Å². The van der Waals surface area contributed by atoms with Gasteiger partial charge in [0, 0.05) is 54.4 Å². The fraction of sp³-hybridized carbons (Fsp3) is 0.259. The third kappa shape index (κ3) is 6.39. The number of anilines is 3. The molecule has 1 aromatic heterocycles. The van der Waals surface area contributed by atoms with Crippen molar-refractivity contribution in [2.45, 2.75) is 9.91 Å². The number of nitrogen functional groups attached to an aromatic ring is 1. The Balaban J connectivity index is 1.17. The number of aromatic nitrogens is 1. The highest BCUT2D eigenvalue weighted by Gasteiger charge is 2.31. The summed E-state index contributed by atoms with van der Waals surface area (Å²) in [5.41, 5.74) is 9.94. The van der Waals surface area contributed by atoms with Crippen molar-refractivity contribution >= 4 is 65.9 Å². The van der Waals surface area contributed by atoms with Crippen LogP contribution in [0.5, 0.6) is 0 Å². The summed E-state index contributed by atoms with van der Waals surface area (Å²) in [5, 5.41) is 2.89. The summed E-state index contributed by atoms with van der Waals surface area (Å²) in [4.78, 5) is 21.1. The first-order valence-corrected chi connectivity index (χ1v) is 13.9. The van der Waals surface area contributed by atoms with Crippen molar-refractivity contribution in [1.29, 1.82) is 0 Å². The molecule has 204 valence electrons. The number of piperazine rings is 1. The minimum absolute atomic E-state index is 0.141. The fourth-order valence-corrected chi connectivity index (χ4v) is 5.19. The topological polar surface area (TPSA) is 87.6 Å². The number of halogens is 5. The average Bonchev–Trinajstić information content (AvgIpc) is 3.32. The van der Waals surface area contributed by atoms with E-state index >= 15 is 0 Å². The van der Waals surface area contributed by atoms with Crippen LogP contribution in [-0.2, 0) is 11.0 Å². The van der Waals surface area contributed by atoms with E-state index in [1.165, 1.54) is 12.1 Å². The maximum atomic E-state index is 13.0. The van der Waals surface area contributed by atoms with Gasteiger partial charge in [-0.1, -0.05) is 37.9 Å². The molecule has 0 unspecified atom stereocenters. The highest BCUT2D eigenvalue weighted by atomic mass is 79.9. The normalized spacial score (nSPS) is 14.8. The molecular formula is C27H24Br2F3N5O2. The van der Waals surface area contributed by atoms with Gasteiger partial charge >= 0.3 is 6.18 Å². The number of nitrogens with two attached hydrogens (primary N) is 1. The molecule has 1 aliphatic heterocycles. The lowest BCUT2D eigenvalue weighted by Gasteiger charge is -2.36. The van der Waals surface area contributed by atoms with Gasteiger partial charge in [0.2, 0.25) is 11.8 Å². The monoisotopic (exact) mass is 665 g/mol. The SMILES string of the molecule is Nc1cc(C(Br)Br)c2oc(-c3ccc(NC(=O)CN4CCN(c5cccc(C(F)(F)F)c5)CC4)cc3)nc2c1. The molecule has 12 heteroatoms. The van der Waals surface area contributed by atoms with Crippen LogP contribution in [-0.4, -0.2) is 48.5 Å². The Morgan fingerprint density at radius 1 is 1.05 bits per heavy atom. The van der Waals surface area contributed by atoms with Gasteiger partial charge in [-0.25, -0.2) is 4.98 Å². The molecule has 1 saturated heterocycles. The van der Waals surface area contributed by atoms with E-state index in [4.69, 9.17) is 10.2 Å². The van der Waals surface area contributed by atoms with E-state index in [1.54, 1.807) is 24.3 Å². The molecule has 0 saturated carbocycles. The Kier molecular flexibility index (Phi) is 7.88. The maximum absolute atomic E-state index is 13.0. The minimum atomic E-state index is -4.38. The van der Waals surface area contributed by atoms with Crippen LogP contribution >= 0.6 is 31.9 Å². The minimum Gasteiger partial charge on any atom is -0.436 e. The van der Waals surface area contributed by atoms with E-state index in [-0.39, 0.29) is 16.2 Å². The Bertz CT molecular complexity index is 1480. The summed E-state index contributed by atoms with van der Waals surface area (Å²) in [6.07, 6.45) is -4.38. The van der Waals surface area contributed by atoms with E-state index in [9.17, 15) is 18.0 Å². The molecule has 0 atom stereocenters. The van der Waals surface area contributed by atoms with Gasteiger partial charge in [0.25, 0.3) is 0 Å². The number of hydrogen-bond acceptors (Lipinski definition) is 6. The van der Waals surface area contributed by atoms with E-state index in [2.05, 4.69) is 42.2 Å². The van der Waals surface area contributed by atoms with Crippen LogP contribution in [0.25, 0.3) is 22.6 Å². The first-order chi connectivity index (χ1) is 18.6. The second-order valence-corrected chi connectivity index (χ2v) is 12.3. The fourth-order valence-electron chi connectivity index (χ4n) is 4.51. The number of hydrogen-bond donors (Lipinski definition) is 2. The Morgan fingerprint density at radius 2 is 1.77 bits per heavy atom. The number of carbonyl (C=O) groups excluding carboxylic acids is 1. The molecule has 1 amide bonds. The molecule has 0 aliphatic carbocycles. The van der Waals surface area contributed by atoms with E-state index < -0.39 is 11.7 Å². The van der Waals surface area contributed by atoms with E-state index in [1.807, 2.05) is 28.0 Å². The van der Waals surface area contributed by atoms with Gasteiger partial charge in [-0.2, -0.15) is 13.2 Å². The second-order valence-electron chi connectivity index (χ2n) is 9.21. The zero-order chi connectivity index (χ0) is 27.7. The molecule has 5 rings (SSSR count). The second kappa shape index (κ2) is 11.2. The number of rotatable bonds is 6. The summed E-state index contributed by atoms with van der Waals surface area (Å²) in [5.74, 6) is 0.270. The van der Waals surface area contributed by atoms with Crippen LogP contribution in [0.2, 0.25) is 0 Å². The van der Waals surface area contributed by atoms with Crippen molar-refractivity contribution in [3.8, 4) is 11.5 Å². The maximum Gasteiger partial charge on any atom is 0.416 e. The van der Waals surface area contributed by atoms with E-state index in [0.717, 1.165) is 17.2 Å². The van der Waals surface area contributed by atoms with Crippen molar-refractivity contribution in [3.05, 3.63) is 71.8 Å². The summed E-state index contributed by atoms with van der Waals surface area (Å²) in [7, 11) is 0. The van der Waals surface area contributed by atoms with Gasteiger partial charge in [0.1, 0.15) is 5.52 Å². The highest BCUT2D eigenvalue weighted by Crippen LogP contribution is 2.38. The molecule has 39 heavy (non-hydrogen) atoms. The van der Waals surface area contributed by atoms with Gasteiger partial charge in [-0.05, 0) is 54.6 Å². The van der Waals surface area contributed by atoms with Crippen LogP contribution in [0.4, 0.5) is 30.2 Å². The quantitative estimate of drug-likeness (QED) is 0.177. The van der Waals surface area contributed by atoms with Gasteiger partial charge < -0.3 is 20.4 Å². The molecule has 7 nitrogen and oxygen atoms in total. The molecule has 1 aliphatic rings. The Morgan fingerprint density at radius 3 is 2.44 bits per heavy atom. The summed E-state index contributed by atoms with van der Waals surface area (Å²) in [6, 6.07) is 16.1. The Labute approximate surface area is 239 Å². The standard InChI is InChI=1S/C27H24Br2F3N5O2/c28-25(29)21-13-18(33)14-22-24(21)39-26(35-22)16-4-6-19(7-5-16)34-23(38)15-36-8-10-37(11-9-36)20-3-1-2-17(12-20)27(30,31)32/h1-7,12-14,25H,8-11,15,33H2,(H,34,38). The van der Waals surface area contributed by atoms with Crippen molar-refractivity contribution < 1.29 is 22.4 Å². The molecule has 3 N–H and O–H groups in total. The van der Waals surface area contributed by atoms with Crippen molar-refractivity contribution in [2.75, 3.05) is 48.7 Å². The number of nitrogens with one attached hydrogen (secondary N) is 1. The zero-order valence-electron chi connectivity index (χ0n) is 20.5. The van der Waals surface area contributed by atoms with Gasteiger partial charge in [0.15, 0.2) is 5.58 Å². The molecule has 2 heterocycles. The number of alkyl halides is 5. The molecule has 4 aromatic rings. The highest BCUT2D eigenvalue weighted by molar-refractivity contribution is 9.24. The lowest BCUT2D eigenvalue weighted by molar-refractivity contribution is -0.137. The van der Waals surface area contributed by atoms with Gasteiger partial charge in [0.05, 0.1) is 15.8 Å². The van der Waals surface area contributed by atoms with Crippen LogP contribution < -0.4 is 16.0 Å². The summed E-state index contributed by atoms with van der Waals surface area (Å²) in [6.45, 7) is 2.39. The molecular weight excluding hydrogens is 643 g/mol. The number of oxazole rings is 1. The number of amides is 1. The number of benzene rings is 3. The largest absolute Gasteiger partial charge is 0.436 e. The number of carbonyl (C=O) groups is 1. The van der Waals surface area contributed by atoms with Crippen molar-refractivity contribution in [2.24, 2.45) is 0 Å². The summed E-state index contributed by atoms with van der Waals surface area (Å²) < 4.78 is 45.0. The van der Waals surface area contributed by atoms with Gasteiger partial charge in [-0.3, -0.25) is 9.69 Å². The van der Waals surface area contributed by atoms with Crippen molar-refractivity contribution in [1.82, 2.24) is 9.88 Å². The van der Waals surface area contributed by atoms with Crippen molar-refractivity contribution in [3.63, 3.8) is 0 Å². The zero-order valence-corrected chi connectivity index (χ0v) is 23.7. The molecule has 3 aromatic carbocycles. The summed E-state index contributed by atoms with van der Waals surface area (Å²) >= 11 is 6.97. The van der Waals surface area contributed by atoms with Crippen LogP contribution in [0.3, 0.4) is 0 Å². The average molecular weight is 667 g/mol. The van der Waals surface area contributed by atoms with Crippen LogP contribution in [0, 0.1) is 0 Å². The first-order valence-electron chi connectivity index (χ1n) is 12.1. The smallest absolute Gasteiger partial charge is 0.416 e. The molecule has 0 bridgehead atoms. The first kappa shape index (κ1) is 27.5. The van der Waals surface area contributed by atoms with Crippen LogP contribution in [0.1, 0.15) is 14.9 Å². The molecule has 0 radical (unpaired) electrons. The number of fused-ring (bicyclic) bond motifs is 1. The van der Waals surface area contributed by atoms with E-state index in [0.29, 0.717) is 60.2 Å². The van der Waals surface area contributed by atoms with Gasteiger partial charge in [-0.15, -0.1) is 0 Å². The predicted octanol–water partition coefficient (Wildman–Crippen LogP) is 6.64. The molecule has 1 fully saturated rings. The molecule has 0 spiro atoms. The number of nitrogens with zero attached hydrogens (tertiary/aromatic N) is 3. The third-order valence-electron chi connectivity index (χ3n) is 6.47. The lowest BCUT2D eigenvalue weighted by atomic mass is 10.1. The predicted molar refractivity (Wildman–Crippen MR) is 153 cm³/mol. The lowest BCUT2D eigenvalue weighted by Crippen LogP contribution is -2.48. The Hall–Kier alpha value is -3.09. The third-order valence-corrected chi connectivity index (χ3v) is 7.46.